The zero-order valence-electron chi connectivity index (χ0n) is 16.8. The first-order valence-corrected chi connectivity index (χ1v) is 9.89. The van der Waals surface area contributed by atoms with E-state index in [1.54, 1.807) is 24.3 Å². The number of nitrogens with one attached hydrogen (secondary N) is 1. The second kappa shape index (κ2) is 9.11. The van der Waals surface area contributed by atoms with Gasteiger partial charge in [-0.2, -0.15) is 0 Å². The van der Waals surface area contributed by atoms with Gasteiger partial charge in [0.05, 0.1) is 11.1 Å². The van der Waals surface area contributed by atoms with Gasteiger partial charge < -0.3 is 9.47 Å². The van der Waals surface area contributed by atoms with Crippen molar-refractivity contribution in [2.75, 3.05) is 6.61 Å². The highest BCUT2D eigenvalue weighted by molar-refractivity contribution is 5.90. The van der Waals surface area contributed by atoms with Gasteiger partial charge in [0, 0.05) is 12.6 Å². The van der Waals surface area contributed by atoms with Crippen LogP contribution in [-0.4, -0.2) is 40.7 Å². The third-order valence-corrected chi connectivity index (χ3v) is 5.20. The van der Waals surface area contributed by atoms with Gasteiger partial charge in [-0.05, 0) is 23.3 Å². The molecule has 0 bridgehead atoms. The number of nitrogens with zero attached hydrogens (tertiary/aromatic N) is 1. The van der Waals surface area contributed by atoms with Crippen molar-refractivity contribution in [2.24, 2.45) is 0 Å². The van der Waals surface area contributed by atoms with E-state index in [2.05, 4.69) is 0 Å². The Bertz CT molecular complexity index is 1240. The highest BCUT2D eigenvalue weighted by Gasteiger charge is 2.38. The van der Waals surface area contributed by atoms with Crippen LogP contribution in [0.4, 0.5) is 4.39 Å². The molecule has 1 aliphatic heterocycles. The van der Waals surface area contributed by atoms with Crippen molar-refractivity contribution in [2.45, 2.75) is 24.9 Å². The molecule has 0 aliphatic carbocycles. The molecule has 1 aromatic heterocycles. The van der Waals surface area contributed by atoms with Crippen molar-refractivity contribution >= 4 is 12.3 Å². The Labute approximate surface area is 181 Å². The van der Waals surface area contributed by atoms with Crippen LogP contribution < -0.4 is 11.2 Å². The minimum absolute atomic E-state index is 0.196. The zero-order valence-corrected chi connectivity index (χ0v) is 16.8. The minimum Gasteiger partial charge on any atom is -0.459 e. The molecule has 164 valence electrons. The maximum Gasteiger partial charge on any atom is 0.338 e. The van der Waals surface area contributed by atoms with Crippen LogP contribution in [0.3, 0.4) is 0 Å². The van der Waals surface area contributed by atoms with Crippen molar-refractivity contribution in [3.05, 3.63) is 92.8 Å². The maximum absolute atomic E-state index is 14.4. The lowest BCUT2D eigenvalue weighted by molar-refractivity contribution is -0.0440. The number of hydrogen-bond acceptors (Lipinski definition) is 6. The molecule has 9 heteroatoms. The SMILES string of the molecule is O=Cc1cn(C2C[C@H](F)[C@@H](COC(=O)c3ccc(-c4ccccc4)cc3)O2)c(=O)[nH]c1=O. The van der Waals surface area contributed by atoms with Crippen LogP contribution in [-0.2, 0) is 9.47 Å². The normalized spacial score (nSPS) is 20.1. The third-order valence-electron chi connectivity index (χ3n) is 5.20. The summed E-state index contributed by atoms with van der Waals surface area (Å²) < 4.78 is 26.1. The number of alkyl halides is 1. The molecule has 1 saturated heterocycles. The number of ether oxygens (including phenoxy) is 2. The number of benzene rings is 2. The van der Waals surface area contributed by atoms with Crippen LogP contribution in [0.5, 0.6) is 0 Å². The molecule has 0 saturated carbocycles. The number of rotatable bonds is 6. The van der Waals surface area contributed by atoms with Crippen LogP contribution in [0.15, 0.2) is 70.4 Å². The van der Waals surface area contributed by atoms with E-state index < -0.39 is 35.7 Å². The number of aldehydes is 1. The summed E-state index contributed by atoms with van der Waals surface area (Å²) in [6.45, 7) is -0.352. The van der Waals surface area contributed by atoms with Crippen molar-refractivity contribution in [1.29, 1.82) is 0 Å². The molecule has 1 fully saturated rings. The van der Waals surface area contributed by atoms with E-state index in [1.807, 2.05) is 35.3 Å². The molecule has 0 radical (unpaired) electrons. The molecule has 3 aromatic rings. The van der Waals surface area contributed by atoms with Gasteiger partial charge in [-0.1, -0.05) is 42.5 Å². The van der Waals surface area contributed by atoms with E-state index in [-0.39, 0.29) is 18.6 Å². The van der Waals surface area contributed by atoms with Crippen molar-refractivity contribution in [3.8, 4) is 11.1 Å². The van der Waals surface area contributed by atoms with Crippen molar-refractivity contribution in [1.82, 2.24) is 9.55 Å². The molecule has 1 unspecified atom stereocenters. The fourth-order valence-electron chi connectivity index (χ4n) is 3.48. The van der Waals surface area contributed by atoms with Gasteiger partial charge in [0.1, 0.15) is 25.1 Å². The fraction of sp³-hybridized carbons (Fsp3) is 0.217. The summed E-state index contributed by atoms with van der Waals surface area (Å²) in [5.74, 6) is -0.631. The van der Waals surface area contributed by atoms with Crippen LogP contribution >= 0.6 is 0 Å². The number of esters is 1. The number of aromatic amines is 1. The number of carbonyl (C=O) groups is 2. The zero-order chi connectivity index (χ0) is 22.7. The lowest BCUT2D eigenvalue weighted by Gasteiger charge is -2.16. The summed E-state index contributed by atoms with van der Waals surface area (Å²) in [5, 5.41) is 0. The second-order valence-electron chi connectivity index (χ2n) is 7.29. The van der Waals surface area contributed by atoms with Gasteiger partial charge in [-0.15, -0.1) is 0 Å². The molecule has 8 nitrogen and oxygen atoms in total. The number of aromatic nitrogens is 2. The average molecular weight is 438 g/mol. The lowest BCUT2D eigenvalue weighted by Crippen LogP contribution is -2.34. The molecular weight excluding hydrogens is 419 g/mol. The standard InChI is InChI=1S/C23H19FN2O6/c24-18-10-20(26-11-17(12-27)21(28)25-23(26)30)32-19(18)13-31-22(29)16-8-6-15(7-9-16)14-4-2-1-3-5-14/h1-9,11-12,18-20H,10,13H2,(H,25,28,30)/t18-,19+,20?/m0/s1. The number of carbonyl (C=O) groups excluding carboxylic acids is 2. The second-order valence-corrected chi connectivity index (χ2v) is 7.29. The van der Waals surface area contributed by atoms with E-state index in [0.717, 1.165) is 21.9 Å². The molecule has 1 N–H and O–H groups in total. The number of halogens is 1. The molecule has 4 rings (SSSR count). The molecule has 1 aliphatic rings. The van der Waals surface area contributed by atoms with Gasteiger partial charge in [-0.3, -0.25) is 19.1 Å². The smallest absolute Gasteiger partial charge is 0.338 e. The molecule has 0 spiro atoms. The van der Waals surface area contributed by atoms with Gasteiger partial charge in [0.25, 0.3) is 5.56 Å². The number of H-pyrrole nitrogens is 1. The van der Waals surface area contributed by atoms with Gasteiger partial charge >= 0.3 is 11.7 Å². The molecule has 0 amide bonds. The van der Waals surface area contributed by atoms with Crippen LogP contribution in [0.25, 0.3) is 11.1 Å². The Morgan fingerprint density at radius 2 is 1.81 bits per heavy atom. The van der Waals surface area contributed by atoms with Crippen LogP contribution in [0, 0.1) is 0 Å². The Morgan fingerprint density at radius 1 is 1.12 bits per heavy atom. The largest absolute Gasteiger partial charge is 0.459 e. The quantitative estimate of drug-likeness (QED) is 0.468. The predicted molar refractivity (Wildman–Crippen MR) is 112 cm³/mol. The first-order valence-electron chi connectivity index (χ1n) is 9.89. The van der Waals surface area contributed by atoms with E-state index in [0.29, 0.717) is 11.8 Å². The third kappa shape index (κ3) is 4.42. The Hall–Kier alpha value is -3.85. The van der Waals surface area contributed by atoms with Crippen LogP contribution in [0.2, 0.25) is 0 Å². The molecule has 2 aromatic carbocycles. The molecule has 3 atom stereocenters. The van der Waals surface area contributed by atoms with Crippen molar-refractivity contribution < 1.29 is 23.5 Å². The van der Waals surface area contributed by atoms with Gasteiger partial charge in [-0.25, -0.2) is 14.0 Å². The topological polar surface area (TPSA) is 107 Å². The van der Waals surface area contributed by atoms with Gasteiger partial charge in [0.15, 0.2) is 6.29 Å². The summed E-state index contributed by atoms with van der Waals surface area (Å²) in [7, 11) is 0. The molecule has 32 heavy (non-hydrogen) atoms. The summed E-state index contributed by atoms with van der Waals surface area (Å²) >= 11 is 0. The van der Waals surface area contributed by atoms with E-state index in [4.69, 9.17) is 9.47 Å². The monoisotopic (exact) mass is 438 g/mol. The van der Waals surface area contributed by atoms with Crippen LogP contribution in [0.1, 0.15) is 33.4 Å². The first-order chi connectivity index (χ1) is 15.5. The molecule has 2 heterocycles. The van der Waals surface area contributed by atoms with E-state index >= 15 is 0 Å². The summed E-state index contributed by atoms with van der Waals surface area (Å²) in [6, 6.07) is 16.5. The highest BCUT2D eigenvalue weighted by Crippen LogP contribution is 2.30. The maximum atomic E-state index is 14.4. The highest BCUT2D eigenvalue weighted by atomic mass is 19.1. The summed E-state index contributed by atoms with van der Waals surface area (Å²) in [6.07, 6.45) is -2.52. The van der Waals surface area contributed by atoms with E-state index in [9.17, 15) is 23.6 Å². The average Bonchev–Trinajstić information content (AvgIpc) is 3.18. The first kappa shape index (κ1) is 21.4. The molecular formula is C23H19FN2O6. The fourth-order valence-corrected chi connectivity index (χ4v) is 3.48. The Balaban J connectivity index is 1.39. The van der Waals surface area contributed by atoms with Crippen molar-refractivity contribution in [3.63, 3.8) is 0 Å². The summed E-state index contributed by atoms with van der Waals surface area (Å²) in [4.78, 5) is 48.8. The minimum atomic E-state index is -1.51. The predicted octanol–water partition coefficient (Wildman–Crippen LogP) is 2.50. The number of hydrogen-bond donors (Lipinski definition) is 1. The lowest BCUT2D eigenvalue weighted by atomic mass is 10.0. The summed E-state index contributed by atoms with van der Waals surface area (Å²) in [5.41, 5.74) is 0.315. The van der Waals surface area contributed by atoms with Gasteiger partial charge in [0.2, 0.25) is 0 Å². The Kier molecular flexibility index (Phi) is 6.09. The Morgan fingerprint density at radius 3 is 2.50 bits per heavy atom. The van der Waals surface area contributed by atoms with E-state index in [1.165, 1.54) is 0 Å².